The largest absolute Gasteiger partial charge is 0.467 e. The van der Waals surface area contributed by atoms with E-state index in [0.29, 0.717) is 5.69 Å². The van der Waals surface area contributed by atoms with Gasteiger partial charge in [0.2, 0.25) is 0 Å². The highest BCUT2D eigenvalue weighted by Gasteiger charge is 2.25. The fourth-order valence-electron chi connectivity index (χ4n) is 1.91. The van der Waals surface area contributed by atoms with E-state index in [4.69, 9.17) is 6.42 Å². The monoisotopic (exact) mass is 316 g/mol. The Kier molecular flexibility index (Phi) is 5.91. The van der Waals surface area contributed by atoms with Gasteiger partial charge in [0, 0.05) is 5.69 Å². The van der Waals surface area contributed by atoms with E-state index in [1.807, 2.05) is 32.9 Å². The van der Waals surface area contributed by atoms with Crippen molar-refractivity contribution in [2.75, 3.05) is 12.4 Å². The van der Waals surface area contributed by atoms with Crippen molar-refractivity contribution in [3.8, 4) is 12.3 Å². The van der Waals surface area contributed by atoms with Gasteiger partial charge in [-0.25, -0.2) is 4.79 Å². The standard InChI is InChI=1S/C17H20N2O4/c1-6-12(16(22)23-5)18-14(20)15(21)19-13-10-8-7-9-11(13)17(2,3)4/h1,7-10,12H,2-5H3,(H,18,20)(H,19,21)/t12-/m0/s1. The number of terminal acetylenes is 1. The minimum Gasteiger partial charge on any atom is -0.467 e. The number of carbonyl (C=O) groups is 3. The summed E-state index contributed by atoms with van der Waals surface area (Å²) in [5, 5.41) is 4.67. The molecule has 6 nitrogen and oxygen atoms in total. The van der Waals surface area contributed by atoms with Gasteiger partial charge in [-0.1, -0.05) is 44.9 Å². The van der Waals surface area contributed by atoms with Crippen LogP contribution < -0.4 is 10.6 Å². The first kappa shape index (κ1) is 18.2. The van der Waals surface area contributed by atoms with Crippen molar-refractivity contribution in [3.05, 3.63) is 29.8 Å². The molecular weight excluding hydrogens is 296 g/mol. The third-order valence-corrected chi connectivity index (χ3v) is 3.07. The molecule has 0 saturated carbocycles. The molecule has 2 N–H and O–H groups in total. The van der Waals surface area contributed by atoms with Crippen molar-refractivity contribution < 1.29 is 19.1 Å². The molecule has 0 aliphatic rings. The maximum absolute atomic E-state index is 12.0. The lowest BCUT2D eigenvalue weighted by Gasteiger charge is -2.23. The third kappa shape index (κ3) is 4.85. The van der Waals surface area contributed by atoms with Crippen molar-refractivity contribution >= 4 is 23.5 Å². The highest BCUT2D eigenvalue weighted by Crippen LogP contribution is 2.29. The zero-order chi connectivity index (χ0) is 17.6. The molecule has 0 aliphatic heterocycles. The Morgan fingerprint density at radius 1 is 1.17 bits per heavy atom. The first-order chi connectivity index (χ1) is 10.7. The lowest BCUT2D eigenvalue weighted by Crippen LogP contribution is -2.45. The Labute approximate surface area is 135 Å². The highest BCUT2D eigenvalue weighted by molar-refractivity contribution is 6.40. The number of para-hydroxylation sites is 1. The Hall–Kier alpha value is -2.81. The van der Waals surface area contributed by atoms with Crippen molar-refractivity contribution in [3.63, 3.8) is 0 Å². The number of amides is 2. The number of esters is 1. The average molecular weight is 316 g/mol. The summed E-state index contributed by atoms with van der Waals surface area (Å²) in [6.07, 6.45) is 5.13. The predicted octanol–water partition coefficient (Wildman–Crippen LogP) is 1.21. The molecule has 0 radical (unpaired) electrons. The highest BCUT2D eigenvalue weighted by atomic mass is 16.5. The molecule has 0 fully saturated rings. The Morgan fingerprint density at radius 2 is 1.78 bits per heavy atom. The van der Waals surface area contributed by atoms with Gasteiger partial charge in [-0.15, -0.1) is 6.42 Å². The number of carbonyl (C=O) groups excluding carboxylic acids is 3. The number of hydrogen-bond donors (Lipinski definition) is 2. The second-order valence-electron chi connectivity index (χ2n) is 5.85. The van der Waals surface area contributed by atoms with Crippen LogP contribution in [0.4, 0.5) is 5.69 Å². The van der Waals surface area contributed by atoms with Gasteiger partial charge in [0.15, 0.2) is 6.04 Å². The fourth-order valence-corrected chi connectivity index (χ4v) is 1.91. The van der Waals surface area contributed by atoms with Gasteiger partial charge in [0.05, 0.1) is 7.11 Å². The second kappa shape index (κ2) is 7.45. The molecule has 6 heteroatoms. The summed E-state index contributed by atoms with van der Waals surface area (Å²) >= 11 is 0. The third-order valence-electron chi connectivity index (χ3n) is 3.07. The SMILES string of the molecule is C#C[C@H](NC(=O)C(=O)Nc1ccccc1C(C)(C)C)C(=O)OC. The van der Waals surface area contributed by atoms with E-state index in [9.17, 15) is 14.4 Å². The Balaban J connectivity index is 2.87. The normalized spacial score (nSPS) is 11.8. The number of anilines is 1. The summed E-state index contributed by atoms with van der Waals surface area (Å²) in [4.78, 5) is 35.2. The molecule has 1 rings (SSSR count). The molecule has 1 aromatic carbocycles. The number of methoxy groups -OCH3 is 1. The smallest absolute Gasteiger partial charge is 0.341 e. The topological polar surface area (TPSA) is 84.5 Å². The zero-order valence-corrected chi connectivity index (χ0v) is 13.6. The maximum Gasteiger partial charge on any atom is 0.341 e. The number of benzene rings is 1. The van der Waals surface area contributed by atoms with Gasteiger partial charge in [0.1, 0.15) is 0 Å². The van der Waals surface area contributed by atoms with Crippen molar-refractivity contribution in [1.29, 1.82) is 0 Å². The van der Waals surface area contributed by atoms with Gasteiger partial charge in [0.25, 0.3) is 0 Å². The van der Waals surface area contributed by atoms with E-state index >= 15 is 0 Å². The summed E-state index contributed by atoms with van der Waals surface area (Å²) in [7, 11) is 1.14. The van der Waals surface area contributed by atoms with E-state index in [1.165, 1.54) is 0 Å². The molecule has 23 heavy (non-hydrogen) atoms. The van der Waals surface area contributed by atoms with Crippen LogP contribution in [0.5, 0.6) is 0 Å². The minimum absolute atomic E-state index is 0.215. The number of hydrogen-bond acceptors (Lipinski definition) is 4. The van der Waals surface area contributed by atoms with E-state index in [1.54, 1.807) is 12.1 Å². The van der Waals surface area contributed by atoms with E-state index in [0.717, 1.165) is 12.7 Å². The average Bonchev–Trinajstić information content (AvgIpc) is 2.50. The van der Waals surface area contributed by atoms with E-state index in [-0.39, 0.29) is 5.41 Å². The molecule has 0 aromatic heterocycles. The van der Waals surface area contributed by atoms with Crippen molar-refractivity contribution in [2.45, 2.75) is 32.2 Å². The second-order valence-corrected chi connectivity index (χ2v) is 5.85. The molecule has 0 aliphatic carbocycles. The van der Waals surface area contributed by atoms with E-state index in [2.05, 4.69) is 21.3 Å². The molecule has 1 atom stereocenters. The Bertz CT molecular complexity index is 653. The fraction of sp³-hybridized carbons (Fsp3) is 0.353. The lowest BCUT2D eigenvalue weighted by molar-refractivity contribution is -0.144. The van der Waals surface area contributed by atoms with Gasteiger partial charge in [-0.2, -0.15) is 0 Å². The zero-order valence-electron chi connectivity index (χ0n) is 13.6. The first-order valence-corrected chi connectivity index (χ1v) is 6.96. The van der Waals surface area contributed by atoms with Crippen LogP contribution in [0.25, 0.3) is 0 Å². The van der Waals surface area contributed by atoms with Gasteiger partial charge < -0.3 is 15.4 Å². The van der Waals surface area contributed by atoms with Crippen LogP contribution in [0.1, 0.15) is 26.3 Å². The van der Waals surface area contributed by atoms with Crippen LogP contribution in [0.15, 0.2) is 24.3 Å². The molecule has 2 amide bonds. The number of rotatable bonds is 3. The molecular formula is C17H20N2O4. The van der Waals surface area contributed by atoms with Crippen LogP contribution in [-0.2, 0) is 24.5 Å². The maximum atomic E-state index is 12.0. The van der Waals surface area contributed by atoms with Crippen LogP contribution in [0, 0.1) is 12.3 Å². The summed E-state index contributed by atoms with van der Waals surface area (Å²) < 4.78 is 4.44. The molecule has 0 spiro atoms. The summed E-state index contributed by atoms with van der Waals surface area (Å²) in [6, 6.07) is 5.86. The summed E-state index contributed by atoms with van der Waals surface area (Å²) in [5.74, 6) is -0.688. The quantitative estimate of drug-likeness (QED) is 0.499. The van der Waals surface area contributed by atoms with Gasteiger partial charge >= 0.3 is 17.8 Å². The molecule has 0 unspecified atom stereocenters. The molecule has 122 valence electrons. The van der Waals surface area contributed by atoms with Gasteiger partial charge in [-0.3, -0.25) is 9.59 Å². The molecule has 1 aromatic rings. The van der Waals surface area contributed by atoms with Crippen LogP contribution in [0.2, 0.25) is 0 Å². The first-order valence-electron chi connectivity index (χ1n) is 6.96. The molecule has 0 bridgehead atoms. The van der Waals surface area contributed by atoms with Crippen LogP contribution in [0.3, 0.4) is 0 Å². The van der Waals surface area contributed by atoms with Crippen LogP contribution in [-0.4, -0.2) is 30.9 Å². The van der Waals surface area contributed by atoms with E-state index < -0.39 is 23.8 Å². The summed E-state index contributed by atoms with van der Waals surface area (Å²) in [5.41, 5.74) is 1.19. The minimum atomic E-state index is -1.31. The number of ether oxygens (including phenoxy) is 1. The lowest BCUT2D eigenvalue weighted by atomic mass is 9.86. The molecule has 0 saturated heterocycles. The predicted molar refractivity (Wildman–Crippen MR) is 86.6 cm³/mol. The van der Waals surface area contributed by atoms with Crippen LogP contribution >= 0.6 is 0 Å². The molecule has 0 heterocycles. The van der Waals surface area contributed by atoms with Crippen molar-refractivity contribution in [2.24, 2.45) is 0 Å². The van der Waals surface area contributed by atoms with Gasteiger partial charge in [-0.05, 0) is 17.0 Å². The Morgan fingerprint density at radius 3 is 2.30 bits per heavy atom. The van der Waals surface area contributed by atoms with Crippen molar-refractivity contribution in [1.82, 2.24) is 5.32 Å². The summed E-state index contributed by atoms with van der Waals surface area (Å²) in [6.45, 7) is 5.97. The number of nitrogens with one attached hydrogen (secondary N) is 2.